The number of hydrogen-bond acceptors (Lipinski definition) is 3. The second-order valence-electron chi connectivity index (χ2n) is 2.88. The maximum atomic E-state index is 13.4. The molecule has 1 aromatic carbocycles. The molecule has 0 radical (unpaired) electrons. The Labute approximate surface area is 98.4 Å². The summed E-state index contributed by atoms with van der Waals surface area (Å²) < 4.78 is 14.1. The summed E-state index contributed by atoms with van der Waals surface area (Å²) in [7, 11) is 0. The summed E-state index contributed by atoms with van der Waals surface area (Å²) in [6, 6.07) is 4.83. The van der Waals surface area contributed by atoms with Crippen LogP contribution in [0.4, 0.5) is 4.39 Å². The Morgan fingerprint density at radius 3 is 2.69 bits per heavy atom. The van der Waals surface area contributed by atoms with Crippen LogP contribution < -0.4 is 0 Å². The molecule has 0 amide bonds. The van der Waals surface area contributed by atoms with Crippen LogP contribution in [0.5, 0.6) is 0 Å². The average molecular weight is 236 g/mol. The van der Waals surface area contributed by atoms with Crippen molar-refractivity contribution in [3.8, 4) is 6.07 Å². The molecule has 16 heavy (non-hydrogen) atoms. The van der Waals surface area contributed by atoms with Gasteiger partial charge in [-0.25, -0.2) is 9.37 Å². The van der Waals surface area contributed by atoms with Crippen molar-refractivity contribution in [1.29, 1.82) is 5.26 Å². The number of nitriles is 1. The third kappa shape index (κ3) is 2.37. The summed E-state index contributed by atoms with van der Waals surface area (Å²) in [5.74, 6) is -0.407. The summed E-state index contributed by atoms with van der Waals surface area (Å²) in [4.78, 5) is 4.14. The van der Waals surface area contributed by atoms with E-state index in [1.165, 1.54) is 17.4 Å². The smallest absolute Gasteiger partial charge is 0.151 e. The molecule has 1 aromatic heterocycles. The molecule has 0 atom stereocenters. The molecule has 0 fully saturated rings. The van der Waals surface area contributed by atoms with Crippen molar-refractivity contribution >= 4 is 21.6 Å². The van der Waals surface area contributed by atoms with Crippen LogP contribution in [-0.4, -0.2) is 4.98 Å². The monoisotopic (exact) mass is 236 g/mol. The van der Waals surface area contributed by atoms with Gasteiger partial charge in [-0.3, -0.25) is 0 Å². The highest BCUT2D eigenvalue weighted by Crippen LogP contribution is 2.25. The summed E-state index contributed by atoms with van der Waals surface area (Å²) in [5.41, 5.74) is 0.729. The lowest BCUT2D eigenvalue weighted by Gasteiger charge is -1.91. The van der Waals surface area contributed by atoms with Crippen LogP contribution in [0.3, 0.4) is 0 Å². The van der Waals surface area contributed by atoms with E-state index in [2.05, 4.69) is 4.98 Å². The van der Waals surface area contributed by atoms with E-state index < -0.39 is 5.82 Å². The zero-order chi connectivity index (χ0) is 12.1. The van der Waals surface area contributed by atoms with Gasteiger partial charge in [-0.1, -0.05) is 20.8 Å². The highest BCUT2D eigenvalue weighted by atomic mass is 32.1. The number of benzene rings is 1. The van der Waals surface area contributed by atoms with Gasteiger partial charge in [-0.15, -0.1) is 11.3 Å². The normalized spacial score (nSPS) is 9.44. The van der Waals surface area contributed by atoms with Gasteiger partial charge >= 0.3 is 0 Å². The van der Waals surface area contributed by atoms with Crippen molar-refractivity contribution < 1.29 is 4.39 Å². The molecule has 0 aliphatic rings. The molecule has 84 valence electrons. The van der Waals surface area contributed by atoms with E-state index in [9.17, 15) is 4.39 Å². The summed E-state index contributed by atoms with van der Waals surface area (Å²) in [5, 5.41) is 9.55. The quantitative estimate of drug-likeness (QED) is 0.753. The minimum absolute atomic E-state index is 0.348. The van der Waals surface area contributed by atoms with Crippen molar-refractivity contribution in [2.45, 2.75) is 27.2 Å². The molecule has 0 bridgehead atoms. The van der Waals surface area contributed by atoms with Crippen molar-refractivity contribution in [2.75, 3.05) is 0 Å². The number of thiazole rings is 1. The first kappa shape index (κ1) is 12.6. The van der Waals surface area contributed by atoms with Gasteiger partial charge in [0.15, 0.2) is 5.82 Å². The van der Waals surface area contributed by atoms with Crippen LogP contribution in [0, 0.1) is 17.1 Å². The molecule has 0 saturated carbocycles. The SMILES string of the molecule is CC.CCc1nc2c(F)cc(C#N)cc2s1. The van der Waals surface area contributed by atoms with Crippen LogP contribution in [-0.2, 0) is 6.42 Å². The Morgan fingerprint density at radius 1 is 1.44 bits per heavy atom. The lowest BCUT2D eigenvalue weighted by molar-refractivity contribution is 0.636. The fourth-order valence-corrected chi connectivity index (χ4v) is 2.21. The second-order valence-corrected chi connectivity index (χ2v) is 3.99. The maximum absolute atomic E-state index is 13.4. The predicted octanol–water partition coefficient (Wildman–Crippen LogP) is 3.90. The topological polar surface area (TPSA) is 36.7 Å². The maximum Gasteiger partial charge on any atom is 0.151 e. The molecule has 0 aliphatic heterocycles. The van der Waals surface area contributed by atoms with Crippen molar-refractivity contribution in [2.24, 2.45) is 0 Å². The van der Waals surface area contributed by atoms with Crippen molar-refractivity contribution in [3.63, 3.8) is 0 Å². The largest absolute Gasteiger partial charge is 0.238 e. The van der Waals surface area contributed by atoms with E-state index in [-0.39, 0.29) is 0 Å². The van der Waals surface area contributed by atoms with Gasteiger partial charge in [-0.05, 0) is 18.6 Å². The minimum Gasteiger partial charge on any atom is -0.238 e. The fraction of sp³-hybridized carbons (Fsp3) is 0.333. The molecule has 0 spiro atoms. The summed E-state index contributed by atoms with van der Waals surface area (Å²) in [6.45, 7) is 5.97. The highest BCUT2D eigenvalue weighted by molar-refractivity contribution is 7.18. The van der Waals surface area contributed by atoms with Gasteiger partial charge in [-0.2, -0.15) is 5.26 Å². The fourth-order valence-electron chi connectivity index (χ4n) is 1.25. The van der Waals surface area contributed by atoms with Crippen LogP contribution in [0.2, 0.25) is 0 Å². The van der Waals surface area contributed by atoms with Crippen molar-refractivity contribution in [3.05, 3.63) is 28.5 Å². The molecule has 2 nitrogen and oxygen atoms in total. The zero-order valence-electron chi connectivity index (χ0n) is 9.54. The van der Waals surface area contributed by atoms with E-state index in [0.29, 0.717) is 11.1 Å². The third-order valence-electron chi connectivity index (χ3n) is 1.92. The van der Waals surface area contributed by atoms with Crippen LogP contribution in [0.25, 0.3) is 10.2 Å². The van der Waals surface area contributed by atoms with Crippen molar-refractivity contribution in [1.82, 2.24) is 4.98 Å². The lowest BCUT2D eigenvalue weighted by Crippen LogP contribution is -1.82. The van der Waals surface area contributed by atoms with E-state index in [1.54, 1.807) is 6.07 Å². The molecular weight excluding hydrogens is 223 g/mol. The first-order valence-electron chi connectivity index (χ1n) is 5.23. The number of aryl methyl sites for hydroxylation is 1. The predicted molar refractivity (Wildman–Crippen MR) is 65.0 cm³/mol. The first-order valence-corrected chi connectivity index (χ1v) is 6.05. The Balaban J connectivity index is 0.000000606. The van der Waals surface area contributed by atoms with Gasteiger partial charge in [0.1, 0.15) is 5.52 Å². The molecule has 0 saturated heterocycles. The number of hydrogen-bond donors (Lipinski definition) is 0. The van der Waals surface area contributed by atoms with E-state index in [1.807, 2.05) is 26.8 Å². The molecule has 1 heterocycles. The number of nitrogens with zero attached hydrogens (tertiary/aromatic N) is 2. The number of rotatable bonds is 1. The van der Waals surface area contributed by atoms with Gasteiger partial charge in [0.2, 0.25) is 0 Å². The first-order chi connectivity index (χ1) is 7.74. The number of fused-ring (bicyclic) bond motifs is 1. The summed E-state index contributed by atoms with van der Waals surface area (Å²) >= 11 is 1.44. The third-order valence-corrected chi connectivity index (χ3v) is 3.07. The van der Waals surface area contributed by atoms with Gasteiger partial charge in [0, 0.05) is 0 Å². The number of aromatic nitrogens is 1. The van der Waals surface area contributed by atoms with Gasteiger partial charge in [0.05, 0.1) is 21.3 Å². The van der Waals surface area contributed by atoms with E-state index in [4.69, 9.17) is 5.26 Å². The van der Waals surface area contributed by atoms with Crippen LogP contribution in [0.15, 0.2) is 12.1 Å². The Morgan fingerprint density at radius 2 is 2.12 bits per heavy atom. The molecule has 0 N–H and O–H groups in total. The summed E-state index contributed by atoms with van der Waals surface area (Å²) in [6.07, 6.45) is 0.792. The molecule has 0 unspecified atom stereocenters. The molecule has 2 rings (SSSR count). The van der Waals surface area contributed by atoms with Crippen LogP contribution in [0.1, 0.15) is 31.3 Å². The number of halogens is 1. The standard InChI is InChI=1S/C10H7FN2S.C2H6/c1-2-9-13-10-7(11)3-6(5-12)4-8(10)14-9;1-2/h3-4H,2H2,1H3;1-2H3. The highest BCUT2D eigenvalue weighted by Gasteiger charge is 2.08. The molecule has 4 heteroatoms. The molecule has 2 aromatic rings. The average Bonchev–Trinajstić information content (AvgIpc) is 2.75. The van der Waals surface area contributed by atoms with Crippen LogP contribution >= 0.6 is 11.3 Å². The Hall–Kier alpha value is -1.47. The second kappa shape index (κ2) is 5.57. The Kier molecular flexibility index (Phi) is 4.39. The molecule has 0 aliphatic carbocycles. The Bertz CT molecular complexity index is 526. The molecular formula is C12H13FN2S. The zero-order valence-corrected chi connectivity index (χ0v) is 10.4. The van der Waals surface area contributed by atoms with E-state index in [0.717, 1.165) is 16.1 Å². The minimum atomic E-state index is -0.407. The van der Waals surface area contributed by atoms with Gasteiger partial charge in [0.25, 0.3) is 0 Å². The van der Waals surface area contributed by atoms with E-state index >= 15 is 0 Å². The van der Waals surface area contributed by atoms with Gasteiger partial charge < -0.3 is 0 Å². The lowest BCUT2D eigenvalue weighted by atomic mass is 10.2.